The number of benzene rings is 2. The molecular formula is C20H24N2O6S2. The summed E-state index contributed by atoms with van der Waals surface area (Å²) in [5.74, 6) is 1.52. The second-order valence-corrected chi connectivity index (χ2v) is 11.6. The number of anilines is 1. The third-order valence-electron chi connectivity index (χ3n) is 5.32. The highest BCUT2D eigenvalue weighted by Crippen LogP contribution is 2.33. The average molecular weight is 453 g/mol. The first-order valence-electron chi connectivity index (χ1n) is 9.51. The standard InChI is InChI=1S/C20H24N2O6S2/c1-29(23,24)16-4-5-17(20(12-16)30(2,25)26)22-9-7-21(8-10-22)13-15-3-6-18-19(11-15)28-14-27-18/h3-6,11-12H,7-10,13-14H2,1-2H3. The SMILES string of the molecule is CS(=O)(=O)c1ccc(N2CCN(Cc3ccc4c(c3)OCO4)CC2)c(S(C)(=O)=O)c1. The van der Waals surface area contributed by atoms with Crippen molar-refractivity contribution in [3.05, 3.63) is 42.0 Å². The molecule has 0 atom stereocenters. The fourth-order valence-electron chi connectivity index (χ4n) is 3.73. The van der Waals surface area contributed by atoms with Crippen LogP contribution in [0.15, 0.2) is 46.2 Å². The minimum absolute atomic E-state index is 0.00752. The Morgan fingerprint density at radius 3 is 2.20 bits per heavy atom. The lowest BCUT2D eigenvalue weighted by atomic mass is 10.1. The number of sulfone groups is 2. The van der Waals surface area contributed by atoms with Gasteiger partial charge in [-0.15, -0.1) is 0 Å². The van der Waals surface area contributed by atoms with Gasteiger partial charge in [0.2, 0.25) is 6.79 Å². The molecule has 8 nitrogen and oxygen atoms in total. The van der Waals surface area contributed by atoms with Crippen LogP contribution in [-0.4, -0.2) is 67.2 Å². The van der Waals surface area contributed by atoms with Crippen molar-refractivity contribution in [1.82, 2.24) is 4.90 Å². The summed E-state index contributed by atoms with van der Waals surface area (Å²) in [5, 5.41) is 0. The van der Waals surface area contributed by atoms with Gasteiger partial charge >= 0.3 is 0 Å². The van der Waals surface area contributed by atoms with Gasteiger partial charge in [0.05, 0.1) is 15.5 Å². The summed E-state index contributed by atoms with van der Waals surface area (Å²) < 4.78 is 59.1. The quantitative estimate of drug-likeness (QED) is 0.675. The maximum Gasteiger partial charge on any atom is 0.231 e. The molecule has 2 heterocycles. The van der Waals surface area contributed by atoms with Gasteiger partial charge in [-0.2, -0.15) is 0 Å². The molecule has 1 fully saturated rings. The maximum atomic E-state index is 12.3. The normalized spacial score (nSPS) is 17.3. The molecule has 0 bridgehead atoms. The molecule has 162 valence electrons. The van der Waals surface area contributed by atoms with Crippen molar-refractivity contribution in [1.29, 1.82) is 0 Å². The first-order chi connectivity index (χ1) is 14.1. The van der Waals surface area contributed by atoms with E-state index >= 15 is 0 Å². The lowest BCUT2D eigenvalue weighted by Gasteiger charge is -2.37. The van der Waals surface area contributed by atoms with Crippen LogP contribution in [0.4, 0.5) is 5.69 Å². The first kappa shape index (κ1) is 21.0. The van der Waals surface area contributed by atoms with Gasteiger partial charge in [0.25, 0.3) is 0 Å². The molecule has 0 saturated carbocycles. The third kappa shape index (κ3) is 4.40. The van der Waals surface area contributed by atoms with E-state index < -0.39 is 19.7 Å². The van der Waals surface area contributed by atoms with Crippen molar-refractivity contribution in [3.8, 4) is 11.5 Å². The number of hydrogen-bond acceptors (Lipinski definition) is 8. The Balaban J connectivity index is 1.48. The molecule has 2 aromatic rings. The van der Waals surface area contributed by atoms with Crippen LogP contribution in [0.1, 0.15) is 5.56 Å². The second-order valence-electron chi connectivity index (χ2n) is 7.62. The summed E-state index contributed by atoms with van der Waals surface area (Å²) in [6.07, 6.45) is 2.18. The minimum Gasteiger partial charge on any atom is -0.454 e. The average Bonchev–Trinajstić information content (AvgIpc) is 3.15. The highest BCUT2D eigenvalue weighted by Gasteiger charge is 2.25. The summed E-state index contributed by atoms with van der Waals surface area (Å²) in [6.45, 7) is 3.81. The fourth-order valence-corrected chi connectivity index (χ4v) is 5.37. The number of hydrogen-bond donors (Lipinski definition) is 0. The van der Waals surface area contributed by atoms with Crippen LogP contribution in [0.2, 0.25) is 0 Å². The number of piperazine rings is 1. The van der Waals surface area contributed by atoms with E-state index in [1.165, 1.54) is 12.1 Å². The molecule has 0 spiro atoms. The van der Waals surface area contributed by atoms with Gasteiger partial charge in [0.1, 0.15) is 0 Å². The molecule has 1 saturated heterocycles. The van der Waals surface area contributed by atoms with Gasteiger partial charge in [-0.05, 0) is 35.9 Å². The Morgan fingerprint density at radius 1 is 0.833 bits per heavy atom. The van der Waals surface area contributed by atoms with Crippen LogP contribution in [0.25, 0.3) is 0 Å². The van der Waals surface area contributed by atoms with Gasteiger partial charge in [0, 0.05) is 45.2 Å². The van der Waals surface area contributed by atoms with Crippen LogP contribution in [0, 0.1) is 0 Å². The molecule has 0 amide bonds. The Labute approximate surface area is 176 Å². The van der Waals surface area contributed by atoms with E-state index in [4.69, 9.17) is 9.47 Å². The molecule has 0 aromatic heterocycles. The molecule has 4 rings (SSSR count). The molecule has 10 heteroatoms. The van der Waals surface area contributed by atoms with E-state index in [-0.39, 0.29) is 16.6 Å². The van der Waals surface area contributed by atoms with E-state index in [9.17, 15) is 16.8 Å². The zero-order valence-electron chi connectivity index (χ0n) is 16.9. The van der Waals surface area contributed by atoms with Crippen LogP contribution in [0.3, 0.4) is 0 Å². The highest BCUT2D eigenvalue weighted by molar-refractivity contribution is 7.91. The molecule has 2 aliphatic rings. The van der Waals surface area contributed by atoms with Crippen LogP contribution >= 0.6 is 0 Å². The summed E-state index contributed by atoms with van der Waals surface area (Å²) in [4.78, 5) is 4.35. The largest absolute Gasteiger partial charge is 0.454 e. The van der Waals surface area contributed by atoms with Gasteiger partial charge in [-0.3, -0.25) is 4.90 Å². The lowest BCUT2D eigenvalue weighted by Crippen LogP contribution is -2.46. The molecule has 0 unspecified atom stereocenters. The predicted molar refractivity (Wildman–Crippen MR) is 113 cm³/mol. The fraction of sp³-hybridized carbons (Fsp3) is 0.400. The lowest BCUT2D eigenvalue weighted by molar-refractivity contribution is 0.174. The molecule has 30 heavy (non-hydrogen) atoms. The third-order valence-corrected chi connectivity index (χ3v) is 7.55. The van der Waals surface area contributed by atoms with Crippen molar-refractivity contribution >= 4 is 25.4 Å². The van der Waals surface area contributed by atoms with Gasteiger partial charge in [-0.1, -0.05) is 6.07 Å². The van der Waals surface area contributed by atoms with E-state index in [1.807, 2.05) is 23.1 Å². The molecule has 2 aliphatic heterocycles. The van der Waals surface area contributed by atoms with Crippen molar-refractivity contribution < 1.29 is 26.3 Å². The Hall–Kier alpha value is -2.30. The Morgan fingerprint density at radius 2 is 1.53 bits per heavy atom. The van der Waals surface area contributed by atoms with E-state index in [0.717, 1.165) is 49.2 Å². The summed E-state index contributed by atoms with van der Waals surface area (Å²) >= 11 is 0. The second kappa shape index (κ2) is 7.75. The van der Waals surface area contributed by atoms with Crippen LogP contribution in [0.5, 0.6) is 11.5 Å². The van der Waals surface area contributed by atoms with E-state index in [1.54, 1.807) is 6.07 Å². The highest BCUT2D eigenvalue weighted by atomic mass is 32.2. The van der Waals surface area contributed by atoms with E-state index in [0.29, 0.717) is 18.8 Å². The van der Waals surface area contributed by atoms with Crippen LogP contribution < -0.4 is 14.4 Å². The van der Waals surface area contributed by atoms with Crippen molar-refractivity contribution in [2.75, 3.05) is 50.4 Å². The summed E-state index contributed by atoms with van der Waals surface area (Å²) in [5.41, 5.74) is 1.68. The molecule has 0 aliphatic carbocycles. The van der Waals surface area contributed by atoms with Crippen LogP contribution in [-0.2, 0) is 26.2 Å². The zero-order chi connectivity index (χ0) is 21.5. The predicted octanol–water partition coefficient (Wildman–Crippen LogP) is 1.54. The molecule has 2 aromatic carbocycles. The molecule has 0 radical (unpaired) electrons. The van der Waals surface area contributed by atoms with Crippen molar-refractivity contribution in [2.24, 2.45) is 0 Å². The van der Waals surface area contributed by atoms with Crippen molar-refractivity contribution in [3.63, 3.8) is 0 Å². The first-order valence-corrected chi connectivity index (χ1v) is 13.3. The van der Waals surface area contributed by atoms with Gasteiger partial charge < -0.3 is 14.4 Å². The maximum absolute atomic E-state index is 12.3. The topological polar surface area (TPSA) is 93.2 Å². The summed E-state index contributed by atoms with van der Waals surface area (Å²) in [7, 11) is -7.07. The molecule has 0 N–H and O–H groups in total. The number of ether oxygens (including phenoxy) is 2. The number of rotatable bonds is 5. The van der Waals surface area contributed by atoms with E-state index in [2.05, 4.69) is 4.90 Å². The monoisotopic (exact) mass is 452 g/mol. The zero-order valence-corrected chi connectivity index (χ0v) is 18.5. The minimum atomic E-state index is -3.58. The number of fused-ring (bicyclic) bond motifs is 1. The van der Waals surface area contributed by atoms with Crippen molar-refractivity contribution in [2.45, 2.75) is 16.3 Å². The summed E-state index contributed by atoms with van der Waals surface area (Å²) in [6, 6.07) is 10.2. The number of nitrogens with zero attached hydrogens (tertiary/aromatic N) is 2. The smallest absolute Gasteiger partial charge is 0.231 e. The molecular weight excluding hydrogens is 428 g/mol. The van der Waals surface area contributed by atoms with Gasteiger partial charge in [-0.25, -0.2) is 16.8 Å². The Bertz CT molecular complexity index is 1170. The Kier molecular flexibility index (Phi) is 5.41. The van der Waals surface area contributed by atoms with Gasteiger partial charge in [0.15, 0.2) is 31.2 Å².